The van der Waals surface area contributed by atoms with Gasteiger partial charge >= 0.3 is 0 Å². The lowest BCUT2D eigenvalue weighted by Gasteiger charge is -2.40. The molecule has 10 heteroatoms. The van der Waals surface area contributed by atoms with Crippen LogP contribution in [-0.4, -0.2) is 83.8 Å². The Morgan fingerprint density at radius 3 is 2.51 bits per heavy atom. The molecule has 1 aliphatic heterocycles. The normalized spacial score (nSPS) is 21.3. The molecule has 4 N–H and O–H groups in total. The maximum atomic E-state index is 13.4. The van der Waals surface area contributed by atoms with Crippen LogP contribution in [0.1, 0.15) is 35.1 Å². The Kier molecular flexibility index (Phi) is 9.24. The van der Waals surface area contributed by atoms with Crippen molar-refractivity contribution >= 4 is 11.8 Å². The number of nitrogens with zero attached hydrogens (tertiary/aromatic N) is 1. The molecule has 0 radical (unpaired) electrons. The van der Waals surface area contributed by atoms with Crippen LogP contribution in [0, 0.1) is 6.92 Å². The fourth-order valence-corrected chi connectivity index (χ4v) is 5.14. The summed E-state index contributed by atoms with van der Waals surface area (Å²) < 4.78 is 17.1. The first-order chi connectivity index (χ1) is 18.8. The molecule has 4 atom stereocenters. The first-order valence-electron chi connectivity index (χ1n) is 13.0. The maximum absolute atomic E-state index is 13.4. The van der Waals surface area contributed by atoms with Crippen LogP contribution in [0.3, 0.4) is 0 Å². The fraction of sp³-hybridized carbons (Fsp3) is 0.448. The highest BCUT2D eigenvalue weighted by Gasteiger charge is 2.51. The third-order valence-electron chi connectivity index (χ3n) is 7.08. The number of fused-ring (bicyclic) bond motifs is 3. The Hall–Kier alpha value is -3.44. The number of amides is 2. The number of aliphatic hydroxyl groups is 3. The van der Waals surface area contributed by atoms with Crippen LogP contribution in [0.25, 0.3) is 0 Å². The van der Waals surface area contributed by atoms with E-state index < -0.39 is 30.1 Å². The first-order valence-corrected chi connectivity index (χ1v) is 13.0. The number of methoxy groups -OCH3 is 1. The number of hydrogen-bond acceptors (Lipinski definition) is 8. The summed E-state index contributed by atoms with van der Waals surface area (Å²) in [6.45, 7) is 3.63. The van der Waals surface area contributed by atoms with Gasteiger partial charge in [-0.05, 0) is 43.2 Å². The molecule has 210 valence electrons. The van der Waals surface area contributed by atoms with E-state index in [2.05, 4.69) is 5.32 Å². The molecular weight excluding hydrogens is 504 g/mol. The van der Waals surface area contributed by atoms with Crippen molar-refractivity contribution in [2.24, 2.45) is 0 Å². The molecule has 10 nitrogen and oxygen atoms in total. The number of ether oxygens (including phenoxy) is 3. The first kappa shape index (κ1) is 28.6. The van der Waals surface area contributed by atoms with E-state index in [0.29, 0.717) is 29.2 Å². The van der Waals surface area contributed by atoms with E-state index in [1.807, 2.05) is 31.2 Å². The van der Waals surface area contributed by atoms with Crippen LogP contribution in [0.5, 0.6) is 11.5 Å². The molecular formula is C29H36N2O8. The van der Waals surface area contributed by atoms with Gasteiger partial charge in [-0.15, -0.1) is 0 Å². The van der Waals surface area contributed by atoms with E-state index in [9.17, 15) is 24.9 Å². The van der Waals surface area contributed by atoms with Gasteiger partial charge in [0.05, 0.1) is 32.3 Å². The van der Waals surface area contributed by atoms with Gasteiger partial charge in [0.25, 0.3) is 0 Å². The van der Waals surface area contributed by atoms with Gasteiger partial charge in [-0.1, -0.05) is 29.8 Å². The number of rotatable bonds is 11. The average molecular weight is 541 g/mol. The standard InChI is InChI=1S/C29H36N2O8/c1-4-38-16-24(34)31(14-18-7-5-17(2)6-8-18)22-13-21(29(36)30-9-10-32)25-20-11-19(15-33)12-23(37-3)27(20)39-28(25)26(22)35/h5-8,11-13,22,25-26,28,32-33,35H,4,9-10,14-16H2,1-3H3,(H,30,36)/t22-,25+,26+,28+/m1/s1. The second kappa shape index (κ2) is 12.6. The van der Waals surface area contributed by atoms with Crippen molar-refractivity contribution in [3.8, 4) is 11.5 Å². The van der Waals surface area contributed by atoms with Gasteiger partial charge in [0.1, 0.15) is 18.8 Å². The zero-order valence-corrected chi connectivity index (χ0v) is 22.4. The number of carbonyl (C=O) groups excluding carboxylic acids is 2. The van der Waals surface area contributed by atoms with Gasteiger partial charge in [0.2, 0.25) is 11.8 Å². The van der Waals surface area contributed by atoms with Crippen LogP contribution in [0.15, 0.2) is 48.0 Å². The lowest BCUT2D eigenvalue weighted by atomic mass is 9.77. The highest BCUT2D eigenvalue weighted by Crippen LogP contribution is 2.51. The lowest BCUT2D eigenvalue weighted by Crippen LogP contribution is -2.56. The van der Waals surface area contributed by atoms with Crippen LogP contribution in [-0.2, 0) is 27.5 Å². The molecule has 2 aromatic rings. The summed E-state index contributed by atoms with van der Waals surface area (Å²) in [6.07, 6.45) is -0.504. The number of carbonyl (C=O) groups is 2. The molecule has 0 saturated heterocycles. The molecule has 0 bridgehead atoms. The number of aryl methyl sites for hydroxylation is 1. The minimum absolute atomic E-state index is 0.0326. The summed E-state index contributed by atoms with van der Waals surface area (Å²) in [4.78, 5) is 28.3. The Bertz CT molecular complexity index is 1210. The van der Waals surface area contributed by atoms with E-state index in [4.69, 9.17) is 14.2 Å². The van der Waals surface area contributed by atoms with Gasteiger partial charge in [-0.3, -0.25) is 9.59 Å². The quantitative estimate of drug-likeness (QED) is 0.334. The van der Waals surface area contributed by atoms with E-state index in [-0.39, 0.29) is 44.4 Å². The van der Waals surface area contributed by atoms with Gasteiger partial charge in [-0.25, -0.2) is 0 Å². The van der Waals surface area contributed by atoms with Crippen LogP contribution >= 0.6 is 0 Å². The number of benzene rings is 2. The zero-order chi connectivity index (χ0) is 28.1. The molecule has 0 aromatic heterocycles. The van der Waals surface area contributed by atoms with Crippen molar-refractivity contribution < 1.29 is 39.1 Å². The van der Waals surface area contributed by atoms with Gasteiger partial charge in [0.15, 0.2) is 11.5 Å². The monoisotopic (exact) mass is 540 g/mol. The molecule has 4 rings (SSSR count). The third-order valence-corrected chi connectivity index (χ3v) is 7.08. The van der Waals surface area contributed by atoms with E-state index in [0.717, 1.165) is 11.1 Å². The largest absolute Gasteiger partial charge is 0.493 e. The molecule has 0 fully saturated rings. The van der Waals surface area contributed by atoms with Gasteiger partial charge in [-0.2, -0.15) is 0 Å². The Morgan fingerprint density at radius 2 is 1.87 bits per heavy atom. The highest BCUT2D eigenvalue weighted by atomic mass is 16.5. The molecule has 0 spiro atoms. The minimum atomic E-state index is -1.20. The van der Waals surface area contributed by atoms with Gasteiger partial charge < -0.3 is 39.7 Å². The maximum Gasteiger partial charge on any atom is 0.249 e. The van der Waals surface area contributed by atoms with E-state index in [1.165, 1.54) is 12.0 Å². The van der Waals surface area contributed by atoms with Crippen molar-refractivity contribution in [3.05, 3.63) is 70.3 Å². The molecule has 2 amide bonds. The highest BCUT2D eigenvalue weighted by molar-refractivity contribution is 5.96. The van der Waals surface area contributed by atoms with Crippen molar-refractivity contribution in [1.29, 1.82) is 0 Å². The van der Waals surface area contributed by atoms with Crippen molar-refractivity contribution in [2.75, 3.05) is 33.5 Å². The summed E-state index contributed by atoms with van der Waals surface area (Å²) in [6, 6.07) is 10.2. The van der Waals surface area contributed by atoms with E-state index in [1.54, 1.807) is 25.1 Å². The second-order valence-corrected chi connectivity index (χ2v) is 9.66. The lowest BCUT2D eigenvalue weighted by molar-refractivity contribution is -0.142. The molecule has 0 unspecified atom stereocenters. The number of hydrogen-bond donors (Lipinski definition) is 4. The molecule has 1 heterocycles. The van der Waals surface area contributed by atoms with Gasteiger partial charge in [0, 0.05) is 30.8 Å². The Morgan fingerprint density at radius 1 is 1.13 bits per heavy atom. The van der Waals surface area contributed by atoms with Crippen LogP contribution in [0.4, 0.5) is 0 Å². The molecule has 0 saturated carbocycles. The smallest absolute Gasteiger partial charge is 0.249 e. The van der Waals surface area contributed by atoms with Crippen molar-refractivity contribution in [3.63, 3.8) is 0 Å². The van der Waals surface area contributed by atoms with E-state index >= 15 is 0 Å². The zero-order valence-electron chi connectivity index (χ0n) is 22.4. The molecule has 2 aliphatic rings. The summed E-state index contributed by atoms with van der Waals surface area (Å²) >= 11 is 0. The molecule has 39 heavy (non-hydrogen) atoms. The molecule has 2 aromatic carbocycles. The Labute approximate surface area is 227 Å². The summed E-state index contributed by atoms with van der Waals surface area (Å²) in [7, 11) is 1.47. The topological polar surface area (TPSA) is 138 Å². The summed E-state index contributed by atoms with van der Waals surface area (Å²) in [5.41, 5.74) is 3.37. The number of aliphatic hydroxyl groups excluding tert-OH is 3. The fourth-order valence-electron chi connectivity index (χ4n) is 5.14. The predicted octanol–water partition coefficient (Wildman–Crippen LogP) is 1.18. The SMILES string of the molecule is CCOCC(=O)N(Cc1ccc(C)cc1)[C@@H]1C=C(C(=O)NCCO)[C@@H]2c3cc(CO)cc(OC)c3O[C@@H]2[C@H]1O. The summed E-state index contributed by atoms with van der Waals surface area (Å²) in [5.74, 6) is -0.742. The summed E-state index contributed by atoms with van der Waals surface area (Å²) in [5, 5.41) is 33.5. The third kappa shape index (κ3) is 5.94. The van der Waals surface area contributed by atoms with Crippen molar-refractivity contribution in [2.45, 2.75) is 51.2 Å². The predicted molar refractivity (Wildman–Crippen MR) is 142 cm³/mol. The number of nitrogens with one attached hydrogen (secondary N) is 1. The minimum Gasteiger partial charge on any atom is -0.493 e. The van der Waals surface area contributed by atoms with Crippen molar-refractivity contribution in [1.82, 2.24) is 10.2 Å². The van der Waals surface area contributed by atoms with Crippen LogP contribution < -0.4 is 14.8 Å². The van der Waals surface area contributed by atoms with Crippen LogP contribution in [0.2, 0.25) is 0 Å². The average Bonchev–Trinajstić information content (AvgIpc) is 3.34. The Balaban J connectivity index is 1.80. The molecule has 1 aliphatic carbocycles. The second-order valence-electron chi connectivity index (χ2n) is 9.66.